The zero-order valence-electron chi connectivity index (χ0n) is 25.7. The van der Waals surface area contributed by atoms with E-state index in [1.807, 2.05) is 6.92 Å². The summed E-state index contributed by atoms with van der Waals surface area (Å²) in [6.45, 7) is 0.820. The molecule has 0 spiro atoms. The first-order valence-corrected chi connectivity index (χ1v) is 15.4. The van der Waals surface area contributed by atoms with E-state index in [1.54, 1.807) is 0 Å². The van der Waals surface area contributed by atoms with Crippen LogP contribution >= 0.6 is 12.4 Å². The minimum absolute atomic E-state index is 0. The van der Waals surface area contributed by atoms with Crippen molar-refractivity contribution < 1.29 is 53.8 Å². The maximum absolute atomic E-state index is 13.8. The van der Waals surface area contributed by atoms with Crippen molar-refractivity contribution in [1.82, 2.24) is 0 Å². The van der Waals surface area contributed by atoms with Crippen LogP contribution in [-0.2, 0) is 25.4 Å². The molecule has 1 aliphatic heterocycles. The summed E-state index contributed by atoms with van der Waals surface area (Å²) in [5, 5.41) is 44.3. The number of aromatic hydroxyl groups is 2. The molecular weight excluding hydrogens is 622 g/mol. The van der Waals surface area contributed by atoms with Crippen LogP contribution in [0.5, 0.6) is 17.2 Å². The average Bonchev–Trinajstić information content (AvgIpc) is 3.02. The number of halogens is 1. The van der Waals surface area contributed by atoms with Gasteiger partial charge in [-0.2, -0.15) is 0 Å². The van der Waals surface area contributed by atoms with Gasteiger partial charge in [0.2, 0.25) is 5.78 Å². The fourth-order valence-corrected chi connectivity index (χ4v) is 7.38. The second-order valence-corrected chi connectivity index (χ2v) is 12.5. The number of benzene rings is 2. The van der Waals surface area contributed by atoms with E-state index >= 15 is 0 Å². The maximum atomic E-state index is 13.8. The molecule has 1 saturated heterocycles. The molecule has 3 aliphatic carbocycles. The third-order valence-corrected chi connectivity index (χ3v) is 9.67. The highest BCUT2D eigenvalue weighted by molar-refractivity contribution is 6.31. The molecule has 6 rings (SSSR count). The van der Waals surface area contributed by atoms with Crippen LogP contribution in [0, 0.1) is 0 Å². The Labute approximate surface area is 272 Å². The first-order chi connectivity index (χ1) is 21.5. The summed E-state index contributed by atoms with van der Waals surface area (Å²) in [5.74, 6) is -3.60. The monoisotopic (exact) mass is 661 g/mol. The predicted molar refractivity (Wildman–Crippen MR) is 165 cm³/mol. The number of Topliss-reactive ketones (excluding diaryl/α,β-unsaturated/α-hetero) is 1. The molecule has 0 bridgehead atoms. The van der Waals surface area contributed by atoms with Gasteiger partial charge >= 0.3 is 0 Å². The number of carbonyl (C=O) groups excluding carboxylic acids is 3. The lowest BCUT2D eigenvalue weighted by atomic mass is 9.72. The minimum atomic E-state index is -2.22. The summed E-state index contributed by atoms with van der Waals surface area (Å²) < 4.78 is 24.1. The van der Waals surface area contributed by atoms with Gasteiger partial charge in [-0.15, -0.1) is 12.4 Å². The number of phenols is 2. The Balaban J connectivity index is 0.00000417. The Morgan fingerprint density at radius 2 is 1.74 bits per heavy atom. The molecule has 46 heavy (non-hydrogen) atoms. The molecule has 0 aromatic heterocycles. The van der Waals surface area contributed by atoms with Gasteiger partial charge in [-0.25, -0.2) is 0 Å². The topological polar surface area (TPSA) is 195 Å². The smallest absolute Gasteiger partial charge is 0.202 e. The van der Waals surface area contributed by atoms with E-state index in [2.05, 4.69) is 0 Å². The van der Waals surface area contributed by atoms with Gasteiger partial charge < -0.3 is 45.1 Å². The average molecular weight is 662 g/mol. The van der Waals surface area contributed by atoms with Crippen LogP contribution in [0.4, 0.5) is 0 Å². The van der Waals surface area contributed by atoms with Crippen molar-refractivity contribution in [2.24, 2.45) is 5.73 Å². The number of ether oxygens (including phenoxy) is 4. The highest BCUT2D eigenvalue weighted by Crippen LogP contribution is 2.52. The van der Waals surface area contributed by atoms with Crippen LogP contribution < -0.4 is 10.5 Å². The Bertz CT molecular complexity index is 1530. The molecule has 6 N–H and O–H groups in total. The number of methoxy groups -OCH3 is 1. The second-order valence-electron chi connectivity index (χ2n) is 12.5. The maximum Gasteiger partial charge on any atom is 0.202 e. The molecular formula is C33H40ClNO11. The van der Waals surface area contributed by atoms with E-state index in [-0.39, 0.29) is 59.0 Å². The van der Waals surface area contributed by atoms with E-state index < -0.39 is 89.6 Å². The molecule has 1 saturated carbocycles. The molecule has 2 aromatic carbocycles. The van der Waals surface area contributed by atoms with Crippen LogP contribution in [-0.4, -0.2) is 87.7 Å². The first-order valence-electron chi connectivity index (χ1n) is 15.4. The fraction of sp³-hybridized carbons (Fsp3) is 0.545. The van der Waals surface area contributed by atoms with Crippen molar-refractivity contribution in [1.29, 1.82) is 0 Å². The standard InChI is InChI=1S/C33H39NO11.ClH/c1-15-32(44-16-7-4-3-5-8-16)19(34)11-23(43-15)45-21-13-33(41,22(36)14-35)12-18-25(21)31(40)27-26(29(18)38)28(37)17-9-6-10-20(42-2)24(17)30(27)39;/h6,9-10,15-16,19,21,23,32,35,38,40-41H,3-5,7-8,11-14,34H2,1-2H3;1H/t15-,19-,21-,23?,32+,33-;/m0./s1. The Morgan fingerprint density at radius 3 is 2.39 bits per heavy atom. The number of nitrogens with two attached hydrogens (primary N) is 1. The number of ketones is 3. The van der Waals surface area contributed by atoms with Gasteiger partial charge in [0.25, 0.3) is 0 Å². The van der Waals surface area contributed by atoms with Crippen molar-refractivity contribution in [2.45, 2.75) is 101 Å². The van der Waals surface area contributed by atoms with Gasteiger partial charge in [0, 0.05) is 42.0 Å². The number of hydrogen-bond donors (Lipinski definition) is 5. The summed E-state index contributed by atoms with van der Waals surface area (Å²) in [4.78, 5) is 40.3. The second kappa shape index (κ2) is 13.2. The number of hydrogen-bond acceptors (Lipinski definition) is 12. The van der Waals surface area contributed by atoms with Gasteiger partial charge in [0.15, 0.2) is 17.9 Å². The van der Waals surface area contributed by atoms with Crippen molar-refractivity contribution in [3.05, 3.63) is 51.6 Å². The summed E-state index contributed by atoms with van der Waals surface area (Å²) in [6, 6.07) is 3.96. The van der Waals surface area contributed by atoms with E-state index in [1.165, 1.54) is 31.7 Å². The van der Waals surface area contributed by atoms with Crippen molar-refractivity contribution in [3.8, 4) is 17.2 Å². The van der Waals surface area contributed by atoms with Crippen LogP contribution in [0.3, 0.4) is 0 Å². The number of aliphatic hydroxyl groups excluding tert-OH is 1. The number of carbonyl (C=O) groups is 3. The number of fused-ring (bicyclic) bond motifs is 3. The lowest BCUT2D eigenvalue weighted by molar-refractivity contribution is -0.259. The van der Waals surface area contributed by atoms with Crippen LogP contribution in [0.25, 0.3) is 0 Å². The molecule has 12 nitrogen and oxygen atoms in total. The van der Waals surface area contributed by atoms with Crippen molar-refractivity contribution in [3.63, 3.8) is 0 Å². The van der Waals surface area contributed by atoms with Gasteiger partial charge in [-0.1, -0.05) is 31.4 Å². The number of aliphatic hydroxyl groups is 2. The van der Waals surface area contributed by atoms with Crippen LogP contribution in [0.2, 0.25) is 0 Å². The largest absolute Gasteiger partial charge is 0.507 e. The molecule has 1 unspecified atom stereocenters. The molecule has 4 aliphatic rings. The molecule has 13 heteroatoms. The van der Waals surface area contributed by atoms with Gasteiger partial charge in [-0.05, 0) is 25.8 Å². The van der Waals surface area contributed by atoms with E-state index in [0.29, 0.717) is 0 Å². The lowest BCUT2D eigenvalue weighted by Gasteiger charge is -2.44. The fourth-order valence-electron chi connectivity index (χ4n) is 7.38. The number of phenolic OH excluding ortho intramolecular Hbond substituents is 2. The molecule has 0 radical (unpaired) electrons. The highest BCUT2D eigenvalue weighted by Gasteiger charge is 2.50. The SMILES string of the molecule is COc1cccc2c1C(=O)c1c(O)c3c(c(O)c1C2=O)C[C@@](O)(C(=O)CO)C[C@@H]3OC1C[C@H](N)[C@H](OC2CCCCC2)[C@H](C)O1.Cl. The molecule has 6 atom stereocenters. The summed E-state index contributed by atoms with van der Waals surface area (Å²) >= 11 is 0. The highest BCUT2D eigenvalue weighted by atomic mass is 35.5. The zero-order valence-corrected chi connectivity index (χ0v) is 26.5. The Hall–Kier alpha value is -3.10. The van der Waals surface area contributed by atoms with E-state index in [9.17, 15) is 34.8 Å². The van der Waals surface area contributed by atoms with Gasteiger partial charge in [0.05, 0.1) is 48.2 Å². The molecule has 250 valence electrons. The molecule has 0 amide bonds. The van der Waals surface area contributed by atoms with Gasteiger partial charge in [0.1, 0.15) is 29.5 Å². The van der Waals surface area contributed by atoms with Crippen molar-refractivity contribution in [2.75, 3.05) is 13.7 Å². The lowest BCUT2D eigenvalue weighted by Crippen LogP contribution is -2.55. The molecule has 1 heterocycles. The van der Waals surface area contributed by atoms with E-state index in [4.69, 9.17) is 24.7 Å². The minimum Gasteiger partial charge on any atom is -0.507 e. The van der Waals surface area contributed by atoms with Crippen LogP contribution in [0.1, 0.15) is 101 Å². The quantitative estimate of drug-likeness (QED) is 0.233. The Morgan fingerprint density at radius 1 is 1.04 bits per heavy atom. The predicted octanol–water partition coefficient (Wildman–Crippen LogP) is 2.78. The zero-order chi connectivity index (χ0) is 32.2. The molecule has 2 fully saturated rings. The van der Waals surface area contributed by atoms with Crippen molar-refractivity contribution >= 4 is 29.8 Å². The number of rotatable bonds is 7. The summed E-state index contributed by atoms with van der Waals surface area (Å²) in [6.07, 6.45) is 1.45. The van der Waals surface area contributed by atoms with Gasteiger partial charge in [-0.3, -0.25) is 14.4 Å². The third-order valence-electron chi connectivity index (χ3n) is 9.67. The summed E-state index contributed by atoms with van der Waals surface area (Å²) in [5.41, 5.74) is 3.13. The summed E-state index contributed by atoms with van der Waals surface area (Å²) in [7, 11) is 1.34. The Kier molecular flexibility index (Phi) is 9.82. The normalized spacial score (nSPS) is 29.3. The van der Waals surface area contributed by atoms with Crippen LogP contribution in [0.15, 0.2) is 18.2 Å². The third kappa shape index (κ3) is 5.70. The van der Waals surface area contributed by atoms with E-state index in [0.717, 1.165) is 25.7 Å². The molecule has 2 aromatic rings. The first kappa shape index (κ1) is 34.2.